The van der Waals surface area contributed by atoms with E-state index in [4.69, 9.17) is 0 Å². The monoisotopic (exact) mass is 439 g/mol. The third kappa shape index (κ3) is 4.29. The Balaban J connectivity index is 1.41. The minimum Gasteiger partial charge on any atom is -0.287 e. The van der Waals surface area contributed by atoms with Gasteiger partial charge in [0.25, 0.3) is 0 Å². The van der Waals surface area contributed by atoms with E-state index >= 15 is 0 Å². The number of likely N-dealkylation sites (tertiary alicyclic amines) is 1. The fraction of sp³-hybridized carbons (Fsp3) is 0.800. The van der Waals surface area contributed by atoms with Crippen LogP contribution in [0.5, 0.6) is 0 Å². The summed E-state index contributed by atoms with van der Waals surface area (Å²) in [6.45, 7) is -3.31. The van der Waals surface area contributed by atoms with Gasteiger partial charge in [-0.05, 0) is 49.9 Å². The molecular formula is C20H24F7N3. The van der Waals surface area contributed by atoms with Crippen LogP contribution < -0.4 is 0 Å². The fourth-order valence-corrected chi connectivity index (χ4v) is 5.38. The van der Waals surface area contributed by atoms with Gasteiger partial charge in [-0.3, -0.25) is 4.90 Å². The first-order valence-corrected chi connectivity index (χ1v) is 10.3. The van der Waals surface area contributed by atoms with Gasteiger partial charge in [-0.25, -0.2) is 9.97 Å². The summed E-state index contributed by atoms with van der Waals surface area (Å²) >= 11 is 0. The second-order valence-electron chi connectivity index (χ2n) is 9.04. The van der Waals surface area contributed by atoms with Crippen LogP contribution in [0.1, 0.15) is 55.6 Å². The molecule has 10 heteroatoms. The highest BCUT2D eigenvalue weighted by Crippen LogP contribution is 2.50. The van der Waals surface area contributed by atoms with Gasteiger partial charge >= 0.3 is 18.0 Å². The van der Waals surface area contributed by atoms with Crippen LogP contribution in [0.4, 0.5) is 30.7 Å². The van der Waals surface area contributed by atoms with E-state index in [1.165, 1.54) is 25.7 Å². The number of fused-ring (bicyclic) bond motifs is 2. The van der Waals surface area contributed by atoms with Gasteiger partial charge < -0.3 is 0 Å². The van der Waals surface area contributed by atoms with Crippen molar-refractivity contribution in [1.29, 1.82) is 0 Å². The summed E-state index contributed by atoms with van der Waals surface area (Å²) in [5.74, 6) is -6.33. The van der Waals surface area contributed by atoms with Crippen LogP contribution in [0.3, 0.4) is 0 Å². The van der Waals surface area contributed by atoms with Crippen molar-refractivity contribution in [3.63, 3.8) is 0 Å². The number of rotatable bonds is 6. The van der Waals surface area contributed by atoms with E-state index in [9.17, 15) is 30.7 Å². The van der Waals surface area contributed by atoms with Crippen LogP contribution in [0.25, 0.3) is 0 Å². The molecule has 2 saturated carbocycles. The van der Waals surface area contributed by atoms with E-state index in [1.807, 2.05) is 0 Å². The van der Waals surface area contributed by atoms with Gasteiger partial charge in [-0.2, -0.15) is 30.7 Å². The molecule has 0 aromatic carbocycles. The van der Waals surface area contributed by atoms with Gasteiger partial charge in [0, 0.05) is 24.7 Å². The molecule has 1 saturated heterocycles. The lowest BCUT2D eigenvalue weighted by Crippen LogP contribution is -2.38. The van der Waals surface area contributed by atoms with E-state index in [0.717, 1.165) is 24.5 Å². The van der Waals surface area contributed by atoms with Gasteiger partial charge in [0.05, 0.1) is 13.1 Å². The first-order chi connectivity index (χ1) is 13.9. The summed E-state index contributed by atoms with van der Waals surface area (Å²) in [6, 6.07) is 0. The van der Waals surface area contributed by atoms with E-state index in [1.54, 1.807) is 0 Å². The summed E-state index contributed by atoms with van der Waals surface area (Å²) < 4.78 is 93.8. The Morgan fingerprint density at radius 1 is 1.03 bits per heavy atom. The minimum absolute atomic E-state index is 0.0475. The van der Waals surface area contributed by atoms with Gasteiger partial charge in [0.1, 0.15) is 5.82 Å². The number of halogens is 7. The van der Waals surface area contributed by atoms with Crippen molar-refractivity contribution in [3.8, 4) is 0 Å². The van der Waals surface area contributed by atoms with Crippen LogP contribution in [0.2, 0.25) is 0 Å². The molecule has 168 valence electrons. The topological polar surface area (TPSA) is 29.0 Å². The first-order valence-electron chi connectivity index (χ1n) is 10.3. The van der Waals surface area contributed by atoms with Crippen molar-refractivity contribution in [3.05, 3.63) is 23.3 Å². The van der Waals surface area contributed by atoms with Crippen molar-refractivity contribution in [2.75, 3.05) is 13.1 Å². The Hall–Kier alpha value is -1.45. The average molecular weight is 439 g/mol. The SMILES string of the molecule is FC(F)(F)c1nc(CCC[C@@H]2C[C@H]3CC[C@@H]2C3)ncc1CN1CC(F)(F)C(F)(F)C1. The van der Waals surface area contributed by atoms with Crippen LogP contribution >= 0.6 is 0 Å². The van der Waals surface area contributed by atoms with E-state index in [-0.39, 0.29) is 5.82 Å². The molecule has 1 aliphatic heterocycles. The number of nitrogens with zero attached hydrogens (tertiary/aromatic N) is 3. The summed E-state index contributed by atoms with van der Waals surface area (Å²) in [6.07, 6.45) is 3.05. The quantitative estimate of drug-likeness (QED) is 0.561. The van der Waals surface area contributed by atoms with Crippen LogP contribution in [-0.2, 0) is 19.1 Å². The highest BCUT2D eigenvalue weighted by Gasteiger charge is 2.62. The Kier molecular flexibility index (Phi) is 5.51. The maximum absolute atomic E-state index is 13.5. The van der Waals surface area contributed by atoms with Crippen molar-refractivity contribution >= 4 is 0 Å². The van der Waals surface area contributed by atoms with Crippen LogP contribution in [-0.4, -0.2) is 39.8 Å². The number of aryl methyl sites for hydroxylation is 1. The normalized spacial score (nSPS) is 30.3. The molecule has 2 aliphatic carbocycles. The number of hydrogen-bond acceptors (Lipinski definition) is 3. The molecule has 4 rings (SSSR count). The molecule has 3 fully saturated rings. The third-order valence-corrected chi connectivity index (χ3v) is 6.82. The summed E-state index contributed by atoms with van der Waals surface area (Å²) in [5, 5.41) is 0. The molecule has 2 bridgehead atoms. The Morgan fingerprint density at radius 2 is 1.73 bits per heavy atom. The molecule has 0 spiro atoms. The minimum atomic E-state index is -4.82. The van der Waals surface area contributed by atoms with Crippen LogP contribution in [0, 0.1) is 17.8 Å². The van der Waals surface area contributed by atoms with Crippen LogP contribution in [0.15, 0.2) is 6.20 Å². The summed E-state index contributed by atoms with van der Waals surface area (Å²) in [4.78, 5) is 8.21. The predicted octanol–water partition coefficient (Wildman–Crippen LogP) is 5.34. The number of aromatic nitrogens is 2. The van der Waals surface area contributed by atoms with Gasteiger partial charge in [0.15, 0.2) is 5.69 Å². The molecule has 0 unspecified atom stereocenters. The molecule has 0 amide bonds. The average Bonchev–Trinajstić information content (AvgIpc) is 3.28. The van der Waals surface area contributed by atoms with Crippen molar-refractivity contribution in [2.24, 2.45) is 17.8 Å². The molecule has 0 radical (unpaired) electrons. The Morgan fingerprint density at radius 3 is 2.30 bits per heavy atom. The molecule has 3 atom stereocenters. The second kappa shape index (κ2) is 7.60. The molecule has 1 aromatic rings. The van der Waals surface area contributed by atoms with Gasteiger partial charge in [-0.15, -0.1) is 0 Å². The molecule has 2 heterocycles. The zero-order chi connectivity index (χ0) is 21.7. The lowest BCUT2D eigenvalue weighted by atomic mass is 9.85. The number of alkyl halides is 7. The smallest absolute Gasteiger partial charge is 0.287 e. The highest BCUT2D eigenvalue weighted by atomic mass is 19.4. The standard InChI is InChI=1S/C20H24F7N3/c21-18(22)10-30(11-19(18,23)24)9-15-8-28-16(29-17(15)20(25,26)27)3-1-2-13-6-12-4-5-14(13)7-12/h8,12-14H,1-7,9-11H2/t12-,13-,14-/m1/s1. The maximum Gasteiger partial charge on any atom is 0.433 e. The summed E-state index contributed by atoms with van der Waals surface area (Å²) in [5.41, 5.74) is -1.70. The molecule has 3 nitrogen and oxygen atoms in total. The molecular weight excluding hydrogens is 415 g/mol. The van der Waals surface area contributed by atoms with Gasteiger partial charge in [0.2, 0.25) is 0 Å². The summed E-state index contributed by atoms with van der Waals surface area (Å²) in [7, 11) is 0. The largest absolute Gasteiger partial charge is 0.433 e. The van der Waals surface area contributed by atoms with Crippen molar-refractivity contribution in [1.82, 2.24) is 14.9 Å². The first kappa shape index (κ1) is 21.8. The van der Waals surface area contributed by atoms with Gasteiger partial charge in [-0.1, -0.05) is 6.42 Å². The zero-order valence-corrected chi connectivity index (χ0v) is 16.4. The number of hydrogen-bond donors (Lipinski definition) is 0. The third-order valence-electron chi connectivity index (χ3n) is 6.82. The molecule has 0 N–H and O–H groups in total. The lowest BCUT2D eigenvalue weighted by molar-refractivity contribution is -0.172. The van der Waals surface area contributed by atoms with Crippen molar-refractivity contribution in [2.45, 2.75) is 69.5 Å². The highest BCUT2D eigenvalue weighted by molar-refractivity contribution is 5.21. The van der Waals surface area contributed by atoms with E-state index < -0.39 is 48.9 Å². The molecule has 1 aromatic heterocycles. The Labute approximate surface area is 170 Å². The molecule has 3 aliphatic rings. The Bertz CT molecular complexity index is 764. The maximum atomic E-state index is 13.5. The predicted molar refractivity (Wildman–Crippen MR) is 94.1 cm³/mol. The fourth-order valence-electron chi connectivity index (χ4n) is 5.38. The molecule has 30 heavy (non-hydrogen) atoms. The van der Waals surface area contributed by atoms with E-state index in [2.05, 4.69) is 9.97 Å². The lowest BCUT2D eigenvalue weighted by Gasteiger charge is -2.21. The second-order valence-corrected chi connectivity index (χ2v) is 9.04. The van der Waals surface area contributed by atoms with E-state index in [0.29, 0.717) is 23.7 Å². The zero-order valence-electron chi connectivity index (χ0n) is 16.4. The van der Waals surface area contributed by atoms with Crippen molar-refractivity contribution < 1.29 is 30.7 Å².